The molecule has 0 atom stereocenters. The third-order valence-corrected chi connectivity index (χ3v) is 4.18. The first-order valence-electron chi connectivity index (χ1n) is 8.43. The number of amides is 1. The molecule has 0 aliphatic heterocycles. The normalized spacial score (nSPS) is 11.0. The molecule has 0 saturated heterocycles. The molecule has 0 bridgehead atoms. The van der Waals surface area contributed by atoms with E-state index in [9.17, 15) is 9.59 Å². The smallest absolute Gasteiger partial charge is 0.276 e. The van der Waals surface area contributed by atoms with Crippen LogP contribution in [0.25, 0.3) is 10.8 Å². The zero-order chi connectivity index (χ0) is 18.0. The quantitative estimate of drug-likeness (QED) is 0.789. The van der Waals surface area contributed by atoms with E-state index < -0.39 is 0 Å². The van der Waals surface area contributed by atoms with Crippen molar-refractivity contribution in [3.8, 4) is 0 Å². The fourth-order valence-corrected chi connectivity index (χ4v) is 2.86. The molecule has 0 radical (unpaired) electrons. The molecule has 1 heterocycles. The number of anilines is 1. The summed E-state index contributed by atoms with van der Waals surface area (Å²) in [6.45, 7) is 5.78. The predicted octanol–water partition coefficient (Wildman–Crippen LogP) is 3.79. The van der Waals surface area contributed by atoms with E-state index >= 15 is 0 Å². The van der Waals surface area contributed by atoms with Crippen LogP contribution < -0.4 is 10.9 Å². The number of rotatable bonds is 4. The second kappa shape index (κ2) is 6.89. The van der Waals surface area contributed by atoms with Gasteiger partial charge >= 0.3 is 0 Å². The van der Waals surface area contributed by atoms with Crippen molar-refractivity contribution in [1.82, 2.24) is 9.78 Å². The maximum Gasteiger partial charge on any atom is 0.276 e. The zero-order valence-electron chi connectivity index (χ0n) is 14.6. The maximum atomic E-state index is 12.9. The number of nitrogens with zero attached hydrogens (tertiary/aromatic N) is 2. The summed E-state index contributed by atoms with van der Waals surface area (Å²) in [5, 5.41) is 8.35. The second-order valence-corrected chi connectivity index (χ2v) is 6.20. The van der Waals surface area contributed by atoms with Crippen LogP contribution in [0.5, 0.6) is 0 Å². The van der Waals surface area contributed by atoms with Gasteiger partial charge in [0.05, 0.1) is 11.4 Å². The highest BCUT2D eigenvalue weighted by Crippen LogP contribution is 2.19. The van der Waals surface area contributed by atoms with Gasteiger partial charge in [0, 0.05) is 11.1 Å². The highest BCUT2D eigenvalue weighted by Gasteiger charge is 2.18. The lowest BCUT2D eigenvalue weighted by Crippen LogP contribution is -2.29. The monoisotopic (exact) mass is 335 g/mol. The van der Waals surface area contributed by atoms with Crippen LogP contribution in [0.15, 0.2) is 53.3 Å². The van der Waals surface area contributed by atoms with Gasteiger partial charge in [-0.05, 0) is 38.0 Å². The number of carbonyl (C=O) groups is 1. The van der Waals surface area contributed by atoms with Crippen LogP contribution in [-0.4, -0.2) is 15.7 Å². The summed E-state index contributed by atoms with van der Waals surface area (Å²) in [5.41, 5.74) is 1.89. The van der Waals surface area contributed by atoms with Gasteiger partial charge in [-0.1, -0.05) is 43.3 Å². The Morgan fingerprint density at radius 2 is 1.72 bits per heavy atom. The Kier molecular flexibility index (Phi) is 4.65. The summed E-state index contributed by atoms with van der Waals surface area (Å²) >= 11 is 0. The first-order valence-corrected chi connectivity index (χ1v) is 8.43. The van der Waals surface area contributed by atoms with Crippen molar-refractivity contribution in [3.63, 3.8) is 0 Å². The summed E-state index contributed by atoms with van der Waals surface area (Å²) in [6.07, 6.45) is 0.816. The fraction of sp³-hybridized carbons (Fsp3) is 0.250. The van der Waals surface area contributed by atoms with Crippen LogP contribution in [0.2, 0.25) is 0 Å². The van der Waals surface area contributed by atoms with E-state index in [0.29, 0.717) is 10.8 Å². The van der Waals surface area contributed by atoms with Crippen molar-refractivity contribution >= 4 is 22.4 Å². The summed E-state index contributed by atoms with van der Waals surface area (Å²) in [6, 6.07) is 14.6. The first kappa shape index (κ1) is 16.9. The molecule has 5 heteroatoms. The molecule has 128 valence electrons. The number of para-hydroxylation sites is 1. The SMILES string of the molecule is CCc1ccccc1NC(=O)c1nn(C(C)C)c(=O)c2ccccc12. The van der Waals surface area contributed by atoms with Gasteiger partial charge in [-0.15, -0.1) is 0 Å². The zero-order valence-corrected chi connectivity index (χ0v) is 14.6. The molecule has 0 aliphatic carbocycles. The maximum absolute atomic E-state index is 12.9. The van der Waals surface area contributed by atoms with E-state index in [1.165, 1.54) is 4.68 Å². The molecule has 1 aromatic heterocycles. The average Bonchev–Trinajstić information content (AvgIpc) is 2.62. The number of aryl methyl sites for hydroxylation is 1. The van der Waals surface area contributed by atoms with Crippen molar-refractivity contribution in [2.45, 2.75) is 33.2 Å². The number of carbonyl (C=O) groups excluding carboxylic acids is 1. The standard InChI is InChI=1S/C20H21N3O2/c1-4-14-9-5-8-12-17(14)21-19(24)18-15-10-6-7-11-16(15)20(25)23(22-18)13(2)3/h5-13H,4H2,1-3H3,(H,21,24). The third kappa shape index (κ3) is 3.18. The topological polar surface area (TPSA) is 64.0 Å². The first-order chi connectivity index (χ1) is 12.0. The van der Waals surface area contributed by atoms with Gasteiger partial charge < -0.3 is 5.32 Å². The predicted molar refractivity (Wildman–Crippen MR) is 100 cm³/mol. The molecular weight excluding hydrogens is 314 g/mol. The fourth-order valence-electron chi connectivity index (χ4n) is 2.86. The highest BCUT2D eigenvalue weighted by molar-refractivity contribution is 6.11. The summed E-state index contributed by atoms with van der Waals surface area (Å²) in [7, 11) is 0. The molecule has 1 N–H and O–H groups in total. The number of benzene rings is 2. The van der Waals surface area contributed by atoms with E-state index in [4.69, 9.17) is 0 Å². The highest BCUT2D eigenvalue weighted by atomic mass is 16.2. The summed E-state index contributed by atoms with van der Waals surface area (Å²) in [5.74, 6) is -0.313. The third-order valence-electron chi connectivity index (χ3n) is 4.18. The van der Waals surface area contributed by atoms with Crippen LogP contribution in [0.4, 0.5) is 5.69 Å². The molecule has 0 unspecified atom stereocenters. The lowest BCUT2D eigenvalue weighted by Gasteiger charge is -2.14. The molecule has 1 amide bonds. The Hall–Kier alpha value is -2.95. The van der Waals surface area contributed by atoms with Crippen LogP contribution in [0, 0.1) is 0 Å². The lowest BCUT2D eigenvalue weighted by atomic mass is 10.1. The van der Waals surface area contributed by atoms with Gasteiger partial charge in [0.15, 0.2) is 5.69 Å². The van der Waals surface area contributed by atoms with Gasteiger partial charge in [0.25, 0.3) is 11.5 Å². The largest absolute Gasteiger partial charge is 0.320 e. The van der Waals surface area contributed by atoms with Crippen molar-refractivity contribution < 1.29 is 4.79 Å². The second-order valence-electron chi connectivity index (χ2n) is 6.20. The molecule has 0 saturated carbocycles. The van der Waals surface area contributed by atoms with Crippen molar-refractivity contribution in [1.29, 1.82) is 0 Å². The molecule has 5 nitrogen and oxygen atoms in total. The molecule has 25 heavy (non-hydrogen) atoms. The molecule has 3 aromatic rings. The molecular formula is C20H21N3O2. The average molecular weight is 335 g/mol. The van der Waals surface area contributed by atoms with Gasteiger partial charge in [-0.2, -0.15) is 5.10 Å². The van der Waals surface area contributed by atoms with Gasteiger partial charge in [-0.3, -0.25) is 9.59 Å². The van der Waals surface area contributed by atoms with E-state index in [1.54, 1.807) is 24.3 Å². The van der Waals surface area contributed by atoms with Crippen LogP contribution in [-0.2, 0) is 6.42 Å². The van der Waals surface area contributed by atoms with E-state index in [-0.39, 0.29) is 23.2 Å². The van der Waals surface area contributed by atoms with E-state index in [1.807, 2.05) is 45.0 Å². The van der Waals surface area contributed by atoms with Crippen LogP contribution in [0.3, 0.4) is 0 Å². The Bertz CT molecular complexity index is 990. The minimum atomic E-state index is -0.313. The molecule has 0 aliphatic rings. The molecule has 2 aromatic carbocycles. The summed E-state index contributed by atoms with van der Waals surface area (Å²) in [4.78, 5) is 25.5. The molecule has 3 rings (SSSR count). The lowest BCUT2D eigenvalue weighted by molar-refractivity contribution is 0.102. The van der Waals surface area contributed by atoms with Gasteiger partial charge in [0.2, 0.25) is 0 Å². The number of nitrogens with one attached hydrogen (secondary N) is 1. The van der Waals surface area contributed by atoms with E-state index in [0.717, 1.165) is 17.7 Å². The van der Waals surface area contributed by atoms with Crippen molar-refractivity contribution in [3.05, 3.63) is 70.1 Å². The number of hydrogen-bond acceptors (Lipinski definition) is 3. The molecule has 0 fully saturated rings. The van der Waals surface area contributed by atoms with Gasteiger partial charge in [0.1, 0.15) is 0 Å². The molecule has 0 spiro atoms. The Morgan fingerprint density at radius 1 is 1.08 bits per heavy atom. The Balaban J connectivity index is 2.13. The van der Waals surface area contributed by atoms with Crippen LogP contribution in [0.1, 0.15) is 42.9 Å². The van der Waals surface area contributed by atoms with E-state index in [2.05, 4.69) is 10.4 Å². The van der Waals surface area contributed by atoms with Crippen LogP contribution >= 0.6 is 0 Å². The minimum absolute atomic E-state index is 0.133. The van der Waals surface area contributed by atoms with Crippen molar-refractivity contribution in [2.75, 3.05) is 5.32 Å². The Morgan fingerprint density at radius 3 is 2.40 bits per heavy atom. The number of fused-ring (bicyclic) bond motifs is 1. The minimum Gasteiger partial charge on any atom is -0.320 e. The van der Waals surface area contributed by atoms with Gasteiger partial charge in [-0.25, -0.2) is 4.68 Å². The number of aromatic nitrogens is 2. The summed E-state index contributed by atoms with van der Waals surface area (Å²) < 4.78 is 1.36. The van der Waals surface area contributed by atoms with Crippen molar-refractivity contribution in [2.24, 2.45) is 0 Å². The Labute approximate surface area is 146 Å². The number of hydrogen-bond donors (Lipinski definition) is 1.